The Morgan fingerprint density at radius 1 is 1.42 bits per heavy atom. The number of para-hydroxylation sites is 1. The average Bonchev–Trinajstić information content (AvgIpc) is 2.45. The highest BCUT2D eigenvalue weighted by Gasteiger charge is 2.17. The molecule has 0 aliphatic carbocycles. The normalized spacial score (nSPS) is 15.1. The van der Waals surface area contributed by atoms with E-state index < -0.39 is 0 Å². The number of hydrogen-bond donors (Lipinski definition) is 0. The molecule has 0 radical (unpaired) electrons. The van der Waals surface area contributed by atoms with Crippen LogP contribution in [0.5, 0.6) is 5.75 Å². The number of carbonyl (C=O) groups excluding carboxylic acids is 1. The van der Waals surface area contributed by atoms with E-state index in [-0.39, 0.29) is 12.5 Å². The summed E-state index contributed by atoms with van der Waals surface area (Å²) >= 11 is 0. The van der Waals surface area contributed by atoms with Crippen molar-refractivity contribution in [3.8, 4) is 11.8 Å². The second kappa shape index (κ2) is 6.76. The minimum Gasteiger partial charge on any atom is -0.492 e. The summed E-state index contributed by atoms with van der Waals surface area (Å²) in [4.78, 5) is 13.3. The van der Waals surface area contributed by atoms with Gasteiger partial charge >= 0.3 is 0 Å². The van der Waals surface area contributed by atoms with Crippen LogP contribution < -0.4 is 4.74 Å². The maximum Gasteiger partial charge on any atom is 0.248 e. The number of hydrogen-bond acceptors (Lipinski definition) is 4. The van der Waals surface area contributed by atoms with Crippen molar-refractivity contribution in [1.29, 1.82) is 5.26 Å². The Balaban J connectivity index is 1.75. The van der Waals surface area contributed by atoms with Gasteiger partial charge in [0, 0.05) is 13.1 Å². The van der Waals surface area contributed by atoms with Crippen LogP contribution >= 0.6 is 0 Å². The van der Waals surface area contributed by atoms with Crippen LogP contribution in [-0.2, 0) is 9.53 Å². The number of rotatable bonds is 5. The van der Waals surface area contributed by atoms with Crippen LogP contribution in [0.3, 0.4) is 0 Å². The highest BCUT2D eigenvalue weighted by atomic mass is 16.5. The van der Waals surface area contributed by atoms with Gasteiger partial charge in [0.25, 0.3) is 0 Å². The lowest BCUT2D eigenvalue weighted by Crippen LogP contribution is -2.42. The summed E-state index contributed by atoms with van der Waals surface area (Å²) in [7, 11) is 0. The summed E-state index contributed by atoms with van der Waals surface area (Å²) < 4.78 is 10.6. The van der Waals surface area contributed by atoms with Crippen molar-refractivity contribution < 1.29 is 14.3 Å². The lowest BCUT2D eigenvalue weighted by molar-refractivity contribution is -0.142. The van der Waals surface area contributed by atoms with Gasteiger partial charge in [0.15, 0.2) is 0 Å². The molecule has 1 aromatic rings. The van der Waals surface area contributed by atoms with Gasteiger partial charge in [-0.15, -0.1) is 0 Å². The van der Waals surface area contributed by atoms with E-state index in [1.54, 1.807) is 23.1 Å². The van der Waals surface area contributed by atoms with Crippen molar-refractivity contribution in [2.24, 2.45) is 0 Å². The summed E-state index contributed by atoms with van der Waals surface area (Å²) in [5, 5.41) is 8.92. The Kier molecular flexibility index (Phi) is 4.76. The first-order chi connectivity index (χ1) is 9.31. The Bertz CT molecular complexity index is 482. The summed E-state index contributed by atoms with van der Waals surface area (Å²) in [5.74, 6) is 0.627. The standard InChI is InChI=1S/C14H16N2O3/c15-10-12-4-1-2-5-13(12)19-8-3-6-16-7-9-18-11-14(16)17/h1-2,4-5H,3,6-9,11H2. The molecule has 0 spiro atoms. The van der Waals surface area contributed by atoms with E-state index in [4.69, 9.17) is 14.7 Å². The Morgan fingerprint density at radius 2 is 2.26 bits per heavy atom. The maximum absolute atomic E-state index is 11.5. The van der Waals surface area contributed by atoms with Crippen LogP contribution in [0.4, 0.5) is 0 Å². The van der Waals surface area contributed by atoms with Gasteiger partial charge in [0.2, 0.25) is 5.91 Å². The molecule has 5 heteroatoms. The first-order valence-corrected chi connectivity index (χ1v) is 6.28. The van der Waals surface area contributed by atoms with E-state index in [1.165, 1.54) is 0 Å². The third-order valence-corrected chi connectivity index (χ3v) is 2.92. The highest BCUT2D eigenvalue weighted by Crippen LogP contribution is 2.16. The van der Waals surface area contributed by atoms with Gasteiger partial charge in [0.05, 0.1) is 18.8 Å². The predicted molar refractivity (Wildman–Crippen MR) is 68.7 cm³/mol. The van der Waals surface area contributed by atoms with Gasteiger partial charge in [-0.2, -0.15) is 5.26 Å². The molecule has 0 bridgehead atoms. The molecule has 100 valence electrons. The number of amides is 1. The Labute approximate surface area is 112 Å². The molecule has 19 heavy (non-hydrogen) atoms. The molecule has 1 aromatic carbocycles. The molecule has 1 aliphatic rings. The van der Waals surface area contributed by atoms with Crippen LogP contribution in [0.1, 0.15) is 12.0 Å². The number of benzene rings is 1. The van der Waals surface area contributed by atoms with E-state index in [1.807, 2.05) is 6.07 Å². The van der Waals surface area contributed by atoms with E-state index >= 15 is 0 Å². The van der Waals surface area contributed by atoms with E-state index in [0.717, 1.165) is 6.42 Å². The summed E-state index contributed by atoms with van der Waals surface area (Å²) in [5.41, 5.74) is 0.532. The summed E-state index contributed by atoms with van der Waals surface area (Å²) in [6.07, 6.45) is 0.742. The minimum atomic E-state index is 0.0312. The third kappa shape index (κ3) is 3.70. The zero-order valence-corrected chi connectivity index (χ0v) is 10.7. The third-order valence-electron chi connectivity index (χ3n) is 2.92. The summed E-state index contributed by atoms with van der Waals surface area (Å²) in [6.45, 7) is 2.58. The maximum atomic E-state index is 11.5. The fourth-order valence-electron chi connectivity index (χ4n) is 1.91. The van der Waals surface area contributed by atoms with Crippen LogP contribution in [0.15, 0.2) is 24.3 Å². The molecular weight excluding hydrogens is 244 g/mol. The number of carbonyl (C=O) groups is 1. The van der Waals surface area contributed by atoms with Gasteiger partial charge in [0.1, 0.15) is 18.4 Å². The number of nitrogens with zero attached hydrogens (tertiary/aromatic N) is 2. The van der Waals surface area contributed by atoms with Crippen molar-refractivity contribution in [2.75, 3.05) is 32.9 Å². The zero-order chi connectivity index (χ0) is 13.5. The monoisotopic (exact) mass is 260 g/mol. The molecule has 0 unspecified atom stereocenters. The number of morpholine rings is 1. The number of nitriles is 1. The van der Waals surface area contributed by atoms with Gasteiger partial charge < -0.3 is 14.4 Å². The van der Waals surface area contributed by atoms with Crippen LogP contribution in [0.2, 0.25) is 0 Å². The first kappa shape index (κ1) is 13.4. The van der Waals surface area contributed by atoms with Crippen molar-refractivity contribution in [2.45, 2.75) is 6.42 Å². The fraction of sp³-hybridized carbons (Fsp3) is 0.429. The first-order valence-electron chi connectivity index (χ1n) is 6.28. The Hall–Kier alpha value is -2.06. The van der Waals surface area contributed by atoms with Crippen LogP contribution in [0, 0.1) is 11.3 Å². The summed E-state index contributed by atoms with van der Waals surface area (Å²) in [6, 6.07) is 9.22. The lowest BCUT2D eigenvalue weighted by Gasteiger charge is -2.26. The fourth-order valence-corrected chi connectivity index (χ4v) is 1.91. The SMILES string of the molecule is N#Cc1ccccc1OCCCN1CCOCC1=O. The molecule has 1 fully saturated rings. The molecule has 1 aliphatic heterocycles. The van der Waals surface area contributed by atoms with Gasteiger partial charge in [-0.3, -0.25) is 4.79 Å². The van der Waals surface area contributed by atoms with Crippen molar-refractivity contribution >= 4 is 5.91 Å². The molecule has 0 atom stereocenters. The molecule has 0 saturated carbocycles. The van der Waals surface area contributed by atoms with Gasteiger partial charge in [-0.05, 0) is 18.6 Å². The molecule has 2 rings (SSSR count). The minimum absolute atomic E-state index is 0.0312. The average molecular weight is 260 g/mol. The van der Waals surface area contributed by atoms with Gasteiger partial charge in [-0.1, -0.05) is 12.1 Å². The van der Waals surface area contributed by atoms with Crippen LogP contribution in [0.25, 0.3) is 0 Å². The molecule has 1 amide bonds. The molecular formula is C14H16N2O3. The molecule has 1 heterocycles. The molecule has 0 aromatic heterocycles. The predicted octanol–water partition coefficient (Wildman–Crippen LogP) is 1.19. The second-order valence-corrected chi connectivity index (χ2v) is 4.24. The molecule has 1 saturated heterocycles. The molecule has 0 N–H and O–H groups in total. The smallest absolute Gasteiger partial charge is 0.248 e. The quantitative estimate of drug-likeness (QED) is 0.746. The van der Waals surface area contributed by atoms with Crippen LogP contribution in [-0.4, -0.2) is 43.7 Å². The largest absolute Gasteiger partial charge is 0.492 e. The Morgan fingerprint density at radius 3 is 3.05 bits per heavy atom. The van der Waals surface area contributed by atoms with E-state index in [9.17, 15) is 4.79 Å². The van der Waals surface area contributed by atoms with Gasteiger partial charge in [-0.25, -0.2) is 0 Å². The second-order valence-electron chi connectivity index (χ2n) is 4.24. The van der Waals surface area contributed by atoms with E-state index in [0.29, 0.717) is 37.6 Å². The van der Waals surface area contributed by atoms with Crippen molar-refractivity contribution in [3.63, 3.8) is 0 Å². The number of ether oxygens (including phenoxy) is 2. The topological polar surface area (TPSA) is 62.6 Å². The highest BCUT2D eigenvalue weighted by molar-refractivity contribution is 5.77. The lowest BCUT2D eigenvalue weighted by atomic mass is 10.2. The van der Waals surface area contributed by atoms with Crippen molar-refractivity contribution in [1.82, 2.24) is 4.90 Å². The molecule has 5 nitrogen and oxygen atoms in total. The van der Waals surface area contributed by atoms with E-state index in [2.05, 4.69) is 6.07 Å². The van der Waals surface area contributed by atoms with Crippen molar-refractivity contribution in [3.05, 3.63) is 29.8 Å². The zero-order valence-electron chi connectivity index (χ0n) is 10.7.